The van der Waals surface area contributed by atoms with Crippen LogP contribution in [0.4, 0.5) is 15.2 Å². The fraction of sp³-hybridized carbons (Fsp3) is 0.526. The van der Waals surface area contributed by atoms with Crippen molar-refractivity contribution in [3.63, 3.8) is 0 Å². The SMILES string of the molecule is N[C@H]1CCCC[C@@H]1NCCCCNc1cc(F)c(S(=O)(=O)Nc2nccs2)cc1Cl. The van der Waals surface area contributed by atoms with Crippen LogP contribution in [0.15, 0.2) is 28.6 Å². The quantitative estimate of drug-likeness (QED) is 0.389. The van der Waals surface area contributed by atoms with Gasteiger partial charge in [0.15, 0.2) is 5.13 Å². The van der Waals surface area contributed by atoms with E-state index in [1.165, 1.54) is 19.0 Å². The third-order valence-electron chi connectivity index (χ3n) is 5.11. The fourth-order valence-electron chi connectivity index (χ4n) is 3.49. The maximum absolute atomic E-state index is 14.5. The highest BCUT2D eigenvalue weighted by atomic mass is 35.5. The summed E-state index contributed by atoms with van der Waals surface area (Å²) >= 11 is 7.29. The molecule has 0 saturated heterocycles. The third kappa shape index (κ3) is 6.27. The Bertz CT molecular complexity index is 927. The zero-order valence-corrected chi connectivity index (χ0v) is 18.9. The maximum atomic E-state index is 14.5. The molecule has 0 unspecified atom stereocenters. The van der Waals surface area contributed by atoms with E-state index in [4.69, 9.17) is 17.3 Å². The van der Waals surface area contributed by atoms with Crippen molar-refractivity contribution in [1.82, 2.24) is 10.3 Å². The number of nitrogens with zero attached hydrogens (tertiary/aromatic N) is 1. The Morgan fingerprint density at radius 2 is 2.00 bits per heavy atom. The maximum Gasteiger partial charge on any atom is 0.266 e. The van der Waals surface area contributed by atoms with Gasteiger partial charge in [0.1, 0.15) is 10.7 Å². The van der Waals surface area contributed by atoms with E-state index in [1.807, 2.05) is 0 Å². The summed E-state index contributed by atoms with van der Waals surface area (Å²) in [5.41, 5.74) is 6.50. The monoisotopic (exact) mass is 475 g/mol. The molecule has 1 aromatic heterocycles. The molecule has 11 heteroatoms. The number of aromatic nitrogens is 1. The lowest BCUT2D eigenvalue weighted by molar-refractivity contribution is 0.327. The van der Waals surface area contributed by atoms with Gasteiger partial charge < -0.3 is 16.4 Å². The van der Waals surface area contributed by atoms with Crippen LogP contribution in [-0.4, -0.2) is 38.6 Å². The topological polar surface area (TPSA) is 109 Å². The molecule has 2 atom stereocenters. The number of hydrogen-bond donors (Lipinski definition) is 4. The van der Waals surface area contributed by atoms with Gasteiger partial charge >= 0.3 is 0 Å². The summed E-state index contributed by atoms with van der Waals surface area (Å²) in [6.07, 6.45) is 7.90. The van der Waals surface area contributed by atoms with Crippen LogP contribution in [0.25, 0.3) is 0 Å². The lowest BCUT2D eigenvalue weighted by Gasteiger charge is -2.29. The van der Waals surface area contributed by atoms with E-state index in [0.29, 0.717) is 18.3 Å². The molecule has 0 bridgehead atoms. The molecule has 0 amide bonds. The van der Waals surface area contributed by atoms with Crippen LogP contribution in [0.1, 0.15) is 38.5 Å². The molecule has 0 aliphatic heterocycles. The number of thiazole rings is 1. The third-order valence-corrected chi connectivity index (χ3v) is 7.59. The molecule has 3 rings (SSSR count). The zero-order valence-electron chi connectivity index (χ0n) is 16.5. The average molecular weight is 476 g/mol. The number of hydrogen-bond acceptors (Lipinski definition) is 7. The van der Waals surface area contributed by atoms with Crippen LogP contribution >= 0.6 is 22.9 Å². The summed E-state index contributed by atoms with van der Waals surface area (Å²) in [7, 11) is -4.11. The minimum atomic E-state index is -4.11. The highest BCUT2D eigenvalue weighted by molar-refractivity contribution is 7.93. The van der Waals surface area contributed by atoms with Gasteiger partial charge in [-0.2, -0.15) is 0 Å². The minimum Gasteiger partial charge on any atom is -0.384 e. The van der Waals surface area contributed by atoms with Crippen LogP contribution < -0.4 is 21.1 Å². The molecule has 5 N–H and O–H groups in total. The van der Waals surface area contributed by atoms with E-state index in [1.54, 1.807) is 5.38 Å². The van der Waals surface area contributed by atoms with E-state index in [-0.39, 0.29) is 16.2 Å². The number of anilines is 2. The Hall–Kier alpha value is -1.46. The minimum absolute atomic E-state index is 0.141. The van der Waals surface area contributed by atoms with Crippen LogP contribution in [-0.2, 0) is 10.0 Å². The van der Waals surface area contributed by atoms with Crippen molar-refractivity contribution in [3.8, 4) is 0 Å². The first kappa shape index (κ1) is 23.2. The van der Waals surface area contributed by atoms with Crippen LogP contribution in [0.3, 0.4) is 0 Å². The molecular formula is C19H27ClFN5O2S2. The zero-order chi connectivity index (χ0) is 21.6. The van der Waals surface area contributed by atoms with Gasteiger partial charge in [0.25, 0.3) is 10.0 Å². The molecule has 1 aromatic carbocycles. The number of rotatable bonds is 10. The molecule has 1 heterocycles. The number of nitrogens with one attached hydrogen (secondary N) is 3. The van der Waals surface area contributed by atoms with Gasteiger partial charge in [-0.25, -0.2) is 17.8 Å². The number of halogens is 2. The summed E-state index contributed by atoms with van der Waals surface area (Å²) in [5.74, 6) is -0.876. The van der Waals surface area contributed by atoms with E-state index in [0.717, 1.165) is 55.7 Å². The van der Waals surface area contributed by atoms with E-state index in [9.17, 15) is 12.8 Å². The van der Waals surface area contributed by atoms with Crippen molar-refractivity contribution in [2.45, 2.75) is 55.5 Å². The van der Waals surface area contributed by atoms with E-state index >= 15 is 0 Å². The fourth-order valence-corrected chi connectivity index (χ4v) is 5.66. The summed E-state index contributed by atoms with van der Waals surface area (Å²) in [4.78, 5) is 3.33. The van der Waals surface area contributed by atoms with Gasteiger partial charge in [-0.3, -0.25) is 4.72 Å². The Balaban J connectivity index is 1.48. The number of unbranched alkanes of at least 4 members (excludes halogenated alkanes) is 1. The highest BCUT2D eigenvalue weighted by Gasteiger charge is 2.23. The Morgan fingerprint density at radius 3 is 2.73 bits per heavy atom. The van der Waals surface area contributed by atoms with Crippen molar-refractivity contribution in [2.24, 2.45) is 5.73 Å². The molecule has 1 fully saturated rings. The molecular weight excluding hydrogens is 449 g/mol. The lowest BCUT2D eigenvalue weighted by Crippen LogP contribution is -2.47. The molecule has 7 nitrogen and oxygen atoms in total. The normalized spacial score (nSPS) is 19.6. The second-order valence-electron chi connectivity index (χ2n) is 7.35. The first-order valence-electron chi connectivity index (χ1n) is 10.0. The Labute approximate surface area is 185 Å². The summed E-state index contributed by atoms with van der Waals surface area (Å²) < 4.78 is 41.5. The molecule has 1 aliphatic rings. The molecule has 1 aliphatic carbocycles. The first-order valence-corrected chi connectivity index (χ1v) is 12.7. The molecule has 0 spiro atoms. The Morgan fingerprint density at radius 1 is 1.23 bits per heavy atom. The van der Waals surface area contributed by atoms with E-state index < -0.39 is 20.7 Å². The molecule has 2 aromatic rings. The largest absolute Gasteiger partial charge is 0.384 e. The van der Waals surface area contributed by atoms with Crippen molar-refractivity contribution < 1.29 is 12.8 Å². The smallest absolute Gasteiger partial charge is 0.266 e. The number of sulfonamides is 1. The number of nitrogens with two attached hydrogens (primary N) is 1. The second-order valence-corrected chi connectivity index (χ2v) is 10.3. The highest BCUT2D eigenvalue weighted by Crippen LogP contribution is 2.29. The van der Waals surface area contributed by atoms with Crippen molar-refractivity contribution in [2.75, 3.05) is 23.1 Å². The van der Waals surface area contributed by atoms with Crippen LogP contribution in [0.5, 0.6) is 0 Å². The van der Waals surface area contributed by atoms with Crippen molar-refractivity contribution >= 4 is 43.8 Å². The van der Waals surface area contributed by atoms with Gasteiger partial charge in [0, 0.05) is 30.2 Å². The van der Waals surface area contributed by atoms with Gasteiger partial charge in [-0.1, -0.05) is 24.4 Å². The molecule has 0 radical (unpaired) electrons. The van der Waals surface area contributed by atoms with Gasteiger partial charge in [0.05, 0.1) is 10.7 Å². The standard InChI is InChI=1S/C19H27ClFN5O2S2/c20-13-11-18(30(27,28)26-19-25-9-10-29-19)14(21)12-17(13)24-8-4-3-7-23-16-6-2-1-5-15(16)22/h9-12,15-16,23-24H,1-8,22H2,(H,25,26)/t15-,16-/m0/s1. The van der Waals surface area contributed by atoms with Crippen LogP contribution in [0, 0.1) is 5.82 Å². The lowest BCUT2D eigenvalue weighted by atomic mass is 9.91. The average Bonchev–Trinajstić information content (AvgIpc) is 3.20. The summed E-state index contributed by atoms with van der Waals surface area (Å²) in [6.45, 7) is 1.47. The molecule has 166 valence electrons. The summed E-state index contributed by atoms with van der Waals surface area (Å²) in [6, 6.07) is 2.85. The van der Waals surface area contributed by atoms with Crippen LogP contribution in [0.2, 0.25) is 5.02 Å². The van der Waals surface area contributed by atoms with E-state index in [2.05, 4.69) is 20.3 Å². The van der Waals surface area contributed by atoms with Gasteiger partial charge in [-0.05, 0) is 44.4 Å². The number of benzene rings is 1. The summed E-state index contributed by atoms with van der Waals surface area (Å²) in [5, 5.41) is 8.51. The molecule has 1 saturated carbocycles. The first-order chi connectivity index (χ1) is 14.4. The second kappa shape index (κ2) is 10.7. The van der Waals surface area contributed by atoms with Crippen molar-refractivity contribution in [3.05, 3.63) is 34.5 Å². The van der Waals surface area contributed by atoms with Gasteiger partial charge in [-0.15, -0.1) is 11.3 Å². The Kier molecular flexibility index (Phi) is 8.29. The van der Waals surface area contributed by atoms with Crippen molar-refractivity contribution in [1.29, 1.82) is 0 Å². The predicted molar refractivity (Wildman–Crippen MR) is 120 cm³/mol. The van der Waals surface area contributed by atoms with Gasteiger partial charge in [0.2, 0.25) is 0 Å². The predicted octanol–water partition coefficient (Wildman–Crippen LogP) is 3.79. The molecule has 30 heavy (non-hydrogen) atoms.